The Morgan fingerprint density at radius 1 is 1.32 bits per heavy atom. The molecule has 1 aromatic rings. The van der Waals surface area contributed by atoms with E-state index in [9.17, 15) is 19.7 Å². The van der Waals surface area contributed by atoms with Crippen LogP contribution >= 0.6 is 0 Å². The zero-order valence-corrected chi connectivity index (χ0v) is 13.2. The van der Waals surface area contributed by atoms with E-state index in [-0.39, 0.29) is 11.4 Å². The fraction of sp³-hybridized carbons (Fsp3) is 0.467. The summed E-state index contributed by atoms with van der Waals surface area (Å²) in [5.74, 6) is -0.461. The van der Waals surface area contributed by atoms with Gasteiger partial charge in [-0.2, -0.15) is 0 Å². The van der Waals surface area contributed by atoms with Crippen molar-refractivity contribution in [2.75, 3.05) is 4.90 Å². The van der Waals surface area contributed by atoms with Crippen LogP contribution in [-0.2, 0) is 14.9 Å². The molecule has 118 valence electrons. The Balaban J connectivity index is 2.54. The summed E-state index contributed by atoms with van der Waals surface area (Å²) in [5.41, 5.74) is -1.13. The summed E-state index contributed by atoms with van der Waals surface area (Å²) in [6.07, 6.45) is -0.829. The van der Waals surface area contributed by atoms with Gasteiger partial charge in [0.05, 0.1) is 16.0 Å². The lowest BCUT2D eigenvalue weighted by Crippen LogP contribution is -2.43. The highest BCUT2D eigenvalue weighted by Crippen LogP contribution is 2.43. The molecular weight excluding hydrogens is 288 g/mol. The van der Waals surface area contributed by atoms with Crippen molar-refractivity contribution in [1.29, 1.82) is 0 Å². The number of nitro benzene ring substituents is 1. The molecule has 7 heteroatoms. The lowest BCUT2D eigenvalue weighted by atomic mass is 9.86. The number of benzene rings is 1. The van der Waals surface area contributed by atoms with Gasteiger partial charge < -0.3 is 4.74 Å². The number of imide groups is 1. The van der Waals surface area contributed by atoms with Crippen molar-refractivity contribution in [2.24, 2.45) is 0 Å². The molecule has 1 heterocycles. The minimum absolute atomic E-state index is 0.183. The average molecular weight is 306 g/mol. The highest BCUT2D eigenvalue weighted by Gasteiger charge is 2.48. The predicted molar refractivity (Wildman–Crippen MR) is 79.8 cm³/mol. The summed E-state index contributed by atoms with van der Waals surface area (Å²) in [7, 11) is 0. The van der Waals surface area contributed by atoms with Crippen molar-refractivity contribution in [3.63, 3.8) is 0 Å². The Labute approximate surface area is 128 Å². The molecule has 7 nitrogen and oxygen atoms in total. The standard InChI is InChI=1S/C15H18N2O5/c1-14(2,3)22-13(19)16-11-8-9(17(20)21)6-7-10(11)15(4,5)12(16)18/h6-8H,1-5H3. The first-order chi connectivity index (χ1) is 9.95. The third kappa shape index (κ3) is 2.54. The molecule has 0 fully saturated rings. The predicted octanol–water partition coefficient (Wildman–Crippen LogP) is 3.15. The van der Waals surface area contributed by atoms with Crippen LogP contribution in [0.4, 0.5) is 16.2 Å². The first-order valence-electron chi connectivity index (χ1n) is 6.81. The molecule has 0 spiro atoms. The van der Waals surface area contributed by atoms with Gasteiger partial charge in [0.15, 0.2) is 0 Å². The smallest absolute Gasteiger partial charge is 0.421 e. The Bertz CT molecular complexity index is 673. The SMILES string of the molecule is CC(C)(C)OC(=O)N1C(=O)C(C)(C)c2ccc([N+](=O)[O-])cc21. The quantitative estimate of drug-likeness (QED) is 0.587. The zero-order valence-electron chi connectivity index (χ0n) is 13.2. The fourth-order valence-corrected chi connectivity index (χ4v) is 2.34. The van der Waals surface area contributed by atoms with Gasteiger partial charge in [-0.15, -0.1) is 0 Å². The van der Waals surface area contributed by atoms with Crippen LogP contribution in [0.1, 0.15) is 40.2 Å². The van der Waals surface area contributed by atoms with Crippen LogP contribution < -0.4 is 4.90 Å². The Hall–Kier alpha value is -2.44. The number of hydrogen-bond donors (Lipinski definition) is 0. The zero-order chi connectivity index (χ0) is 16.9. The molecule has 1 aliphatic rings. The molecule has 0 aromatic heterocycles. The lowest BCUT2D eigenvalue weighted by Gasteiger charge is -2.24. The second-order valence-corrected chi connectivity index (χ2v) is 6.70. The molecular formula is C15H18N2O5. The number of fused-ring (bicyclic) bond motifs is 1. The number of hydrogen-bond acceptors (Lipinski definition) is 5. The molecule has 0 radical (unpaired) electrons. The van der Waals surface area contributed by atoms with Crippen LogP contribution in [0.3, 0.4) is 0 Å². The summed E-state index contributed by atoms with van der Waals surface area (Å²) in [6.45, 7) is 8.40. The van der Waals surface area contributed by atoms with Crippen LogP contribution in [-0.4, -0.2) is 22.5 Å². The van der Waals surface area contributed by atoms with E-state index >= 15 is 0 Å². The van der Waals surface area contributed by atoms with Gasteiger partial charge in [0.2, 0.25) is 5.91 Å². The van der Waals surface area contributed by atoms with Gasteiger partial charge >= 0.3 is 6.09 Å². The van der Waals surface area contributed by atoms with E-state index in [2.05, 4.69) is 0 Å². The number of rotatable bonds is 1. The molecule has 0 N–H and O–H groups in total. The highest BCUT2D eigenvalue weighted by atomic mass is 16.6. The number of nitro groups is 1. The van der Waals surface area contributed by atoms with Crippen LogP contribution in [0, 0.1) is 10.1 Å². The Morgan fingerprint density at radius 3 is 2.41 bits per heavy atom. The molecule has 0 bridgehead atoms. The van der Waals surface area contributed by atoms with Gasteiger partial charge in [-0.25, -0.2) is 9.69 Å². The van der Waals surface area contributed by atoms with Gasteiger partial charge in [-0.3, -0.25) is 14.9 Å². The number of nitrogens with zero attached hydrogens (tertiary/aromatic N) is 2. The maximum Gasteiger partial charge on any atom is 0.421 e. The van der Waals surface area contributed by atoms with E-state index in [0.29, 0.717) is 5.56 Å². The monoisotopic (exact) mass is 306 g/mol. The number of non-ortho nitro benzene ring substituents is 1. The first-order valence-corrected chi connectivity index (χ1v) is 6.81. The Kier molecular flexibility index (Phi) is 3.47. The summed E-state index contributed by atoms with van der Waals surface area (Å²) in [6, 6.07) is 4.06. The first kappa shape index (κ1) is 15.9. The third-order valence-corrected chi connectivity index (χ3v) is 3.42. The topological polar surface area (TPSA) is 89.8 Å². The van der Waals surface area contributed by atoms with Crippen molar-refractivity contribution < 1.29 is 19.2 Å². The molecule has 22 heavy (non-hydrogen) atoms. The van der Waals surface area contributed by atoms with E-state index in [4.69, 9.17) is 4.74 Å². The van der Waals surface area contributed by atoms with Gasteiger partial charge in [0, 0.05) is 12.1 Å². The molecule has 0 saturated carbocycles. The second kappa shape index (κ2) is 4.79. The third-order valence-electron chi connectivity index (χ3n) is 3.42. The number of amides is 2. The molecule has 1 aromatic carbocycles. The number of carbonyl (C=O) groups excluding carboxylic acids is 2. The summed E-state index contributed by atoms with van der Waals surface area (Å²) < 4.78 is 5.24. The van der Waals surface area contributed by atoms with Crippen molar-refractivity contribution in [3.8, 4) is 0 Å². The van der Waals surface area contributed by atoms with Crippen LogP contribution in [0.25, 0.3) is 0 Å². The fourth-order valence-electron chi connectivity index (χ4n) is 2.34. The highest BCUT2D eigenvalue weighted by molar-refractivity contribution is 6.21. The molecule has 1 aliphatic heterocycles. The molecule has 0 atom stereocenters. The number of carbonyl (C=O) groups is 2. The maximum atomic E-state index is 12.5. The molecule has 2 amide bonds. The second-order valence-electron chi connectivity index (χ2n) is 6.70. The molecule has 0 unspecified atom stereocenters. The molecule has 2 rings (SSSR count). The molecule has 0 aliphatic carbocycles. The minimum Gasteiger partial charge on any atom is -0.443 e. The van der Waals surface area contributed by atoms with Gasteiger partial charge in [0.25, 0.3) is 5.69 Å². The van der Waals surface area contributed by atoms with Crippen LogP contribution in [0.5, 0.6) is 0 Å². The average Bonchev–Trinajstić information content (AvgIpc) is 2.55. The van der Waals surface area contributed by atoms with Gasteiger partial charge in [0.1, 0.15) is 5.60 Å². The minimum atomic E-state index is -0.943. The maximum absolute atomic E-state index is 12.5. The summed E-state index contributed by atoms with van der Waals surface area (Å²) in [4.78, 5) is 36.1. The normalized spacial score (nSPS) is 16.4. The van der Waals surface area contributed by atoms with E-state index < -0.39 is 27.9 Å². The van der Waals surface area contributed by atoms with Crippen LogP contribution in [0.2, 0.25) is 0 Å². The van der Waals surface area contributed by atoms with E-state index in [1.807, 2.05) is 0 Å². The Morgan fingerprint density at radius 2 is 1.91 bits per heavy atom. The van der Waals surface area contributed by atoms with Crippen molar-refractivity contribution in [3.05, 3.63) is 33.9 Å². The van der Waals surface area contributed by atoms with Crippen molar-refractivity contribution in [2.45, 2.75) is 45.6 Å². The summed E-state index contributed by atoms with van der Waals surface area (Å²) >= 11 is 0. The lowest BCUT2D eigenvalue weighted by molar-refractivity contribution is -0.384. The van der Waals surface area contributed by atoms with Gasteiger partial charge in [-0.1, -0.05) is 0 Å². The van der Waals surface area contributed by atoms with E-state index in [0.717, 1.165) is 4.90 Å². The van der Waals surface area contributed by atoms with Crippen molar-refractivity contribution in [1.82, 2.24) is 0 Å². The van der Waals surface area contributed by atoms with Gasteiger partial charge in [-0.05, 0) is 46.2 Å². The largest absolute Gasteiger partial charge is 0.443 e. The number of anilines is 1. The summed E-state index contributed by atoms with van der Waals surface area (Å²) in [5, 5.41) is 10.9. The van der Waals surface area contributed by atoms with E-state index in [1.54, 1.807) is 34.6 Å². The number of ether oxygens (including phenoxy) is 1. The molecule has 0 saturated heterocycles. The van der Waals surface area contributed by atoms with Crippen molar-refractivity contribution >= 4 is 23.4 Å². The van der Waals surface area contributed by atoms with E-state index in [1.165, 1.54) is 18.2 Å². The van der Waals surface area contributed by atoms with Crippen LogP contribution in [0.15, 0.2) is 18.2 Å².